The van der Waals surface area contributed by atoms with Gasteiger partial charge in [-0.1, -0.05) is 6.92 Å². The summed E-state index contributed by atoms with van der Waals surface area (Å²) in [5.41, 5.74) is 7.11. The monoisotopic (exact) mass is 322 g/mol. The van der Waals surface area contributed by atoms with Gasteiger partial charge in [0.1, 0.15) is 5.75 Å². The number of aryl methyl sites for hydroxylation is 1. The lowest BCUT2D eigenvalue weighted by atomic mass is 10.1. The summed E-state index contributed by atoms with van der Waals surface area (Å²) in [6, 6.07) is 7.36. The summed E-state index contributed by atoms with van der Waals surface area (Å²) < 4.78 is 5.53. The lowest BCUT2D eigenvalue weighted by Gasteiger charge is -2.13. The molecule has 0 spiro atoms. The SMILES string of the molecule is Cc1cc(Oc2ncccn2)ccc1NC(=O)C(C)CN.Cl. The maximum atomic E-state index is 11.8. The third-order valence-electron chi connectivity index (χ3n) is 3.01. The molecule has 1 atom stereocenters. The molecule has 1 aromatic carbocycles. The predicted molar refractivity (Wildman–Crippen MR) is 87.4 cm³/mol. The summed E-state index contributed by atoms with van der Waals surface area (Å²) in [7, 11) is 0. The molecule has 3 N–H and O–H groups in total. The first-order valence-electron chi connectivity index (χ1n) is 6.66. The average Bonchev–Trinajstić information content (AvgIpc) is 2.50. The molecule has 7 heteroatoms. The molecule has 2 aromatic rings. The Morgan fingerprint density at radius 3 is 2.64 bits per heavy atom. The van der Waals surface area contributed by atoms with Gasteiger partial charge in [-0.3, -0.25) is 4.79 Å². The van der Waals surface area contributed by atoms with E-state index >= 15 is 0 Å². The van der Waals surface area contributed by atoms with Crippen molar-refractivity contribution >= 4 is 24.0 Å². The van der Waals surface area contributed by atoms with Gasteiger partial charge >= 0.3 is 6.01 Å². The van der Waals surface area contributed by atoms with Crippen LogP contribution in [0.5, 0.6) is 11.8 Å². The molecule has 1 heterocycles. The van der Waals surface area contributed by atoms with Gasteiger partial charge in [0.2, 0.25) is 5.91 Å². The van der Waals surface area contributed by atoms with Gasteiger partial charge in [0.25, 0.3) is 0 Å². The summed E-state index contributed by atoms with van der Waals surface area (Å²) in [6.45, 7) is 3.99. The van der Waals surface area contributed by atoms with E-state index < -0.39 is 0 Å². The van der Waals surface area contributed by atoms with Crippen LogP contribution in [0.4, 0.5) is 5.69 Å². The van der Waals surface area contributed by atoms with Crippen LogP contribution < -0.4 is 15.8 Å². The zero-order valence-electron chi connectivity index (χ0n) is 12.4. The van der Waals surface area contributed by atoms with Crippen LogP contribution in [0.15, 0.2) is 36.7 Å². The number of aromatic nitrogens is 2. The van der Waals surface area contributed by atoms with Crippen molar-refractivity contribution in [2.45, 2.75) is 13.8 Å². The fourth-order valence-corrected chi connectivity index (χ4v) is 1.65. The molecule has 0 aliphatic carbocycles. The largest absolute Gasteiger partial charge is 0.424 e. The number of anilines is 1. The van der Waals surface area contributed by atoms with E-state index in [1.807, 2.05) is 13.0 Å². The fourth-order valence-electron chi connectivity index (χ4n) is 1.65. The van der Waals surface area contributed by atoms with Gasteiger partial charge in [0.15, 0.2) is 0 Å². The van der Waals surface area contributed by atoms with Crippen molar-refractivity contribution in [2.75, 3.05) is 11.9 Å². The summed E-state index contributed by atoms with van der Waals surface area (Å²) in [4.78, 5) is 19.8. The Morgan fingerprint density at radius 1 is 1.36 bits per heavy atom. The minimum Gasteiger partial charge on any atom is -0.424 e. The Bertz CT molecular complexity index is 622. The van der Waals surface area contributed by atoms with Crippen LogP contribution in [0.2, 0.25) is 0 Å². The van der Waals surface area contributed by atoms with Gasteiger partial charge < -0.3 is 15.8 Å². The molecule has 0 saturated carbocycles. The molecule has 0 fully saturated rings. The van der Waals surface area contributed by atoms with Gasteiger partial charge in [-0.25, -0.2) is 9.97 Å². The van der Waals surface area contributed by atoms with Crippen LogP contribution in [-0.2, 0) is 4.79 Å². The zero-order valence-corrected chi connectivity index (χ0v) is 13.3. The molecule has 0 bridgehead atoms. The van der Waals surface area contributed by atoms with E-state index in [9.17, 15) is 4.79 Å². The fraction of sp³-hybridized carbons (Fsp3) is 0.267. The molecule has 1 amide bonds. The standard InChI is InChI=1S/C15H18N4O2.ClH/c1-10-8-12(21-15-17-6-3-7-18-15)4-5-13(10)19-14(20)11(2)9-16;/h3-8,11H,9,16H2,1-2H3,(H,19,20);1H. The maximum Gasteiger partial charge on any atom is 0.321 e. The second-order valence-corrected chi connectivity index (χ2v) is 4.74. The van der Waals surface area contributed by atoms with Crippen LogP contribution in [0.3, 0.4) is 0 Å². The van der Waals surface area contributed by atoms with Crippen molar-refractivity contribution in [3.63, 3.8) is 0 Å². The molecule has 1 unspecified atom stereocenters. The maximum absolute atomic E-state index is 11.8. The number of carbonyl (C=O) groups is 1. The van der Waals surface area contributed by atoms with E-state index in [4.69, 9.17) is 10.5 Å². The van der Waals surface area contributed by atoms with Crippen molar-refractivity contribution in [3.8, 4) is 11.8 Å². The average molecular weight is 323 g/mol. The van der Waals surface area contributed by atoms with Crippen LogP contribution in [0.1, 0.15) is 12.5 Å². The molecule has 0 radical (unpaired) electrons. The van der Waals surface area contributed by atoms with Gasteiger partial charge in [-0.2, -0.15) is 0 Å². The van der Waals surface area contributed by atoms with Gasteiger partial charge in [0.05, 0.1) is 0 Å². The number of hydrogen-bond donors (Lipinski definition) is 2. The Hall–Kier alpha value is -2.18. The summed E-state index contributed by atoms with van der Waals surface area (Å²) in [6.07, 6.45) is 3.22. The number of carbonyl (C=O) groups excluding carboxylic acids is 1. The molecule has 2 rings (SSSR count). The summed E-state index contributed by atoms with van der Waals surface area (Å²) >= 11 is 0. The molecule has 6 nitrogen and oxygen atoms in total. The number of amides is 1. The van der Waals surface area contributed by atoms with Crippen molar-refractivity contribution in [1.29, 1.82) is 0 Å². The van der Waals surface area contributed by atoms with E-state index in [2.05, 4.69) is 15.3 Å². The van der Waals surface area contributed by atoms with Gasteiger partial charge in [-0.15, -0.1) is 12.4 Å². The van der Waals surface area contributed by atoms with E-state index in [1.54, 1.807) is 37.5 Å². The number of ether oxygens (including phenoxy) is 1. The third-order valence-corrected chi connectivity index (χ3v) is 3.01. The van der Waals surface area contributed by atoms with Crippen LogP contribution in [0, 0.1) is 12.8 Å². The molecular formula is C15H19ClN4O2. The summed E-state index contributed by atoms with van der Waals surface area (Å²) in [5, 5.41) is 2.85. The van der Waals surface area contributed by atoms with E-state index in [-0.39, 0.29) is 30.2 Å². The molecular weight excluding hydrogens is 304 g/mol. The van der Waals surface area contributed by atoms with E-state index in [1.165, 1.54) is 0 Å². The van der Waals surface area contributed by atoms with Crippen LogP contribution >= 0.6 is 12.4 Å². The van der Waals surface area contributed by atoms with Crippen LogP contribution in [0.25, 0.3) is 0 Å². The Kier molecular flexibility index (Phi) is 6.75. The highest BCUT2D eigenvalue weighted by molar-refractivity contribution is 5.93. The normalized spacial score (nSPS) is 11.2. The second kappa shape index (κ2) is 8.31. The first kappa shape index (κ1) is 17.9. The lowest BCUT2D eigenvalue weighted by molar-refractivity contribution is -0.119. The van der Waals surface area contributed by atoms with E-state index in [0.717, 1.165) is 11.3 Å². The Labute approximate surface area is 135 Å². The second-order valence-electron chi connectivity index (χ2n) is 4.74. The van der Waals surface area contributed by atoms with Crippen molar-refractivity contribution < 1.29 is 9.53 Å². The number of nitrogens with two attached hydrogens (primary N) is 1. The quantitative estimate of drug-likeness (QED) is 0.882. The highest BCUT2D eigenvalue weighted by Crippen LogP contribution is 2.24. The first-order chi connectivity index (χ1) is 10.1. The number of benzene rings is 1. The highest BCUT2D eigenvalue weighted by atomic mass is 35.5. The number of nitrogens with one attached hydrogen (secondary N) is 1. The minimum atomic E-state index is -0.224. The predicted octanol–water partition coefficient (Wildman–Crippen LogP) is 2.53. The van der Waals surface area contributed by atoms with E-state index in [0.29, 0.717) is 12.3 Å². The van der Waals surface area contributed by atoms with Crippen molar-refractivity contribution in [1.82, 2.24) is 9.97 Å². The molecule has 0 aliphatic heterocycles. The topological polar surface area (TPSA) is 90.1 Å². The number of halogens is 1. The molecule has 118 valence electrons. The molecule has 0 aliphatic rings. The lowest BCUT2D eigenvalue weighted by Crippen LogP contribution is -2.26. The molecule has 22 heavy (non-hydrogen) atoms. The zero-order chi connectivity index (χ0) is 15.2. The summed E-state index contributed by atoms with van der Waals surface area (Å²) in [5.74, 6) is 0.294. The van der Waals surface area contributed by atoms with Crippen LogP contribution in [-0.4, -0.2) is 22.4 Å². The molecule has 0 saturated heterocycles. The number of hydrogen-bond acceptors (Lipinski definition) is 5. The Morgan fingerprint density at radius 2 is 2.05 bits per heavy atom. The third kappa shape index (κ3) is 4.68. The minimum absolute atomic E-state index is 0. The highest BCUT2D eigenvalue weighted by Gasteiger charge is 2.12. The van der Waals surface area contributed by atoms with Gasteiger partial charge in [0, 0.05) is 30.5 Å². The van der Waals surface area contributed by atoms with Crippen molar-refractivity contribution in [3.05, 3.63) is 42.2 Å². The smallest absolute Gasteiger partial charge is 0.321 e. The van der Waals surface area contributed by atoms with Gasteiger partial charge in [-0.05, 0) is 36.8 Å². The van der Waals surface area contributed by atoms with Crippen molar-refractivity contribution in [2.24, 2.45) is 11.7 Å². The number of rotatable bonds is 5. The first-order valence-corrected chi connectivity index (χ1v) is 6.66. The number of nitrogens with zero attached hydrogens (tertiary/aromatic N) is 2. The molecule has 1 aromatic heterocycles. The Balaban J connectivity index is 0.00000242.